The molecular weight excluding hydrogens is 433 g/mol. The van der Waals surface area contributed by atoms with Crippen molar-refractivity contribution in [3.05, 3.63) is 0 Å². The fourth-order valence-corrected chi connectivity index (χ4v) is 2.96. The Morgan fingerprint density at radius 1 is 0.903 bits per heavy atom. The van der Waals surface area contributed by atoms with Gasteiger partial charge >= 0.3 is 25.7 Å². The summed E-state index contributed by atoms with van der Waals surface area (Å²) in [6.07, 6.45) is 5.26. The van der Waals surface area contributed by atoms with E-state index in [9.17, 15) is 18.9 Å². The average molecular weight is 467 g/mol. The van der Waals surface area contributed by atoms with E-state index in [2.05, 4.69) is 9.60 Å². The molecule has 0 fully saturated rings. The molecule has 0 aliphatic carbocycles. The van der Waals surface area contributed by atoms with E-state index in [1.54, 1.807) is 0 Å². The summed E-state index contributed by atoms with van der Waals surface area (Å²) in [5.74, 6) is -2.30. The van der Waals surface area contributed by atoms with Gasteiger partial charge in [-0.25, -0.2) is 4.57 Å². The van der Waals surface area contributed by atoms with Gasteiger partial charge in [0.05, 0.1) is 0 Å². The fraction of sp³-hybridized carbons (Fsp3) is 0.778. The number of rotatable bonds is 15. The number of ether oxygens (including phenoxy) is 2. The Hall–Kier alpha value is -2.17. The normalized spacial score (nSPS) is 11.7. The monoisotopic (exact) mass is 467 g/mol. The molecule has 0 aromatic carbocycles. The first-order chi connectivity index (χ1) is 14.6. The fourth-order valence-electron chi connectivity index (χ4n) is 2.02. The number of nitrogens with zero attached hydrogens (tertiary/aromatic N) is 2. The molecule has 0 rings (SSSR count). The second-order valence-electron chi connectivity index (χ2n) is 6.45. The molecule has 0 atom stereocenters. The summed E-state index contributed by atoms with van der Waals surface area (Å²) in [5, 5.41) is 0.745. The van der Waals surface area contributed by atoms with Crippen LogP contribution in [0, 0.1) is 0 Å². The van der Waals surface area contributed by atoms with Crippen molar-refractivity contribution in [2.45, 2.75) is 72.1 Å². The standard InChI is InChI=1S/C18H34N3O9P/c1-5-7-9-11-16(23)26-13-28-31(25,20-18(19)21(4)30-15(3)22)29-14-27-17(24)12-10-8-6-2/h5-14H2,1-4H3,(H2,19,20,25). The van der Waals surface area contributed by atoms with Crippen LogP contribution in [0.4, 0.5) is 0 Å². The second kappa shape index (κ2) is 16.5. The van der Waals surface area contributed by atoms with E-state index in [4.69, 9.17) is 24.3 Å². The number of carbonyl (C=O) groups excluding carboxylic acids is 3. The third kappa shape index (κ3) is 15.3. The largest absolute Gasteiger partial charge is 0.462 e. The third-order valence-electron chi connectivity index (χ3n) is 3.65. The van der Waals surface area contributed by atoms with Crippen molar-refractivity contribution in [3.63, 3.8) is 0 Å². The summed E-state index contributed by atoms with van der Waals surface area (Å²) < 4.78 is 36.1. The van der Waals surface area contributed by atoms with Crippen LogP contribution >= 0.6 is 7.75 Å². The van der Waals surface area contributed by atoms with Crippen LogP contribution < -0.4 is 5.73 Å². The molecule has 0 heterocycles. The molecule has 0 aliphatic rings. The summed E-state index contributed by atoms with van der Waals surface area (Å²) in [4.78, 5) is 39.0. The minimum atomic E-state index is -4.37. The molecule has 0 spiro atoms. The molecule has 0 aliphatic heterocycles. The lowest BCUT2D eigenvalue weighted by atomic mass is 10.2. The zero-order valence-electron chi connectivity index (χ0n) is 18.7. The van der Waals surface area contributed by atoms with Crippen molar-refractivity contribution >= 4 is 31.6 Å². The molecule has 2 N–H and O–H groups in total. The van der Waals surface area contributed by atoms with E-state index in [1.165, 1.54) is 7.05 Å². The maximum Gasteiger partial charge on any atom is 0.462 e. The maximum absolute atomic E-state index is 12.8. The van der Waals surface area contributed by atoms with E-state index in [1.807, 2.05) is 13.8 Å². The molecule has 31 heavy (non-hydrogen) atoms. The zero-order chi connectivity index (χ0) is 23.7. The smallest absolute Gasteiger partial charge is 0.438 e. The van der Waals surface area contributed by atoms with E-state index in [0.29, 0.717) is 12.8 Å². The third-order valence-corrected chi connectivity index (χ3v) is 4.97. The van der Waals surface area contributed by atoms with Gasteiger partial charge in [-0.05, 0) is 12.8 Å². The highest BCUT2D eigenvalue weighted by Gasteiger charge is 2.28. The van der Waals surface area contributed by atoms with Gasteiger partial charge in [0.15, 0.2) is 0 Å². The summed E-state index contributed by atoms with van der Waals surface area (Å²) in [6, 6.07) is 0. The highest BCUT2D eigenvalue weighted by atomic mass is 31.2. The van der Waals surface area contributed by atoms with Crippen molar-refractivity contribution in [1.29, 1.82) is 0 Å². The lowest BCUT2D eigenvalue weighted by molar-refractivity contribution is -0.166. The second-order valence-corrected chi connectivity index (χ2v) is 8.10. The number of guanidine groups is 1. The Bertz CT molecular complexity index is 611. The number of esters is 2. The van der Waals surface area contributed by atoms with Crippen molar-refractivity contribution in [2.24, 2.45) is 10.5 Å². The summed E-state index contributed by atoms with van der Waals surface area (Å²) in [5.41, 5.74) is 5.63. The van der Waals surface area contributed by atoms with E-state index < -0.39 is 45.2 Å². The summed E-state index contributed by atoms with van der Waals surface area (Å²) in [6.45, 7) is 3.68. The van der Waals surface area contributed by atoms with Gasteiger partial charge in [-0.3, -0.25) is 23.4 Å². The number of hydrogen-bond donors (Lipinski definition) is 1. The van der Waals surface area contributed by atoms with Gasteiger partial charge < -0.3 is 20.0 Å². The molecule has 13 heteroatoms. The zero-order valence-corrected chi connectivity index (χ0v) is 19.6. The van der Waals surface area contributed by atoms with Gasteiger partial charge in [0, 0.05) is 26.8 Å². The Labute approximate surface area is 182 Å². The molecule has 180 valence electrons. The molecular formula is C18H34N3O9P. The maximum atomic E-state index is 12.8. The summed E-state index contributed by atoms with van der Waals surface area (Å²) >= 11 is 0. The quantitative estimate of drug-likeness (QED) is 0.0718. The molecule has 0 aromatic rings. The molecule has 0 aromatic heterocycles. The van der Waals surface area contributed by atoms with Crippen molar-refractivity contribution < 1.29 is 42.3 Å². The number of unbranched alkanes of at least 4 members (excludes halogenated alkanes) is 4. The topological polar surface area (TPSA) is 156 Å². The van der Waals surface area contributed by atoms with Crippen molar-refractivity contribution in [3.8, 4) is 0 Å². The van der Waals surface area contributed by atoms with E-state index in [0.717, 1.165) is 37.7 Å². The molecule has 0 bridgehead atoms. The minimum Gasteiger partial charge on any atom is -0.438 e. The van der Waals surface area contributed by atoms with Crippen LogP contribution in [-0.2, 0) is 42.3 Å². The first kappa shape index (κ1) is 28.8. The van der Waals surface area contributed by atoms with Crippen LogP contribution in [0.5, 0.6) is 0 Å². The Morgan fingerprint density at radius 2 is 1.35 bits per heavy atom. The van der Waals surface area contributed by atoms with Crippen molar-refractivity contribution in [1.82, 2.24) is 5.06 Å². The molecule has 12 nitrogen and oxygen atoms in total. The van der Waals surface area contributed by atoms with Gasteiger partial charge in [0.1, 0.15) is 0 Å². The predicted octanol–water partition coefficient (Wildman–Crippen LogP) is 3.01. The van der Waals surface area contributed by atoms with Crippen molar-refractivity contribution in [2.75, 3.05) is 20.6 Å². The Balaban J connectivity index is 4.91. The lowest BCUT2D eigenvalue weighted by Crippen LogP contribution is -2.35. The molecule has 0 unspecified atom stereocenters. The number of hydrogen-bond acceptors (Lipinski definition) is 9. The van der Waals surface area contributed by atoms with Gasteiger partial charge in [-0.2, -0.15) is 5.06 Å². The average Bonchev–Trinajstić information content (AvgIpc) is 2.67. The number of nitrogens with two attached hydrogens (primary N) is 1. The highest BCUT2D eigenvalue weighted by molar-refractivity contribution is 7.52. The van der Waals surface area contributed by atoms with Crippen LogP contribution in [0.25, 0.3) is 0 Å². The van der Waals surface area contributed by atoms with Gasteiger partial charge in [0.2, 0.25) is 19.5 Å². The first-order valence-electron chi connectivity index (χ1n) is 10.1. The minimum absolute atomic E-state index is 0.179. The number of carbonyl (C=O) groups is 3. The SMILES string of the molecule is CCCCCC(=O)OCOP(=O)(N=C(N)N(C)OC(C)=O)OCOC(=O)CCCCC. The van der Waals surface area contributed by atoms with Crippen LogP contribution in [-0.4, -0.2) is 49.6 Å². The molecule has 0 radical (unpaired) electrons. The van der Waals surface area contributed by atoms with Gasteiger partial charge in [0.25, 0.3) is 0 Å². The lowest BCUT2D eigenvalue weighted by Gasteiger charge is -2.19. The molecule has 0 saturated carbocycles. The Kier molecular flexibility index (Phi) is 15.4. The van der Waals surface area contributed by atoms with E-state index >= 15 is 0 Å². The van der Waals surface area contributed by atoms with Gasteiger partial charge in [-0.15, -0.1) is 4.76 Å². The first-order valence-corrected chi connectivity index (χ1v) is 11.6. The van der Waals surface area contributed by atoms with Crippen LogP contribution in [0.3, 0.4) is 0 Å². The predicted molar refractivity (Wildman–Crippen MR) is 111 cm³/mol. The highest BCUT2D eigenvalue weighted by Crippen LogP contribution is 2.50. The van der Waals surface area contributed by atoms with Crippen LogP contribution in [0.1, 0.15) is 72.1 Å². The van der Waals surface area contributed by atoms with Gasteiger partial charge in [-0.1, -0.05) is 39.5 Å². The van der Waals surface area contributed by atoms with Crippen LogP contribution in [0.2, 0.25) is 0 Å². The molecule has 0 amide bonds. The molecule has 0 saturated heterocycles. The Morgan fingerprint density at radius 3 is 1.74 bits per heavy atom. The van der Waals surface area contributed by atoms with E-state index in [-0.39, 0.29) is 12.8 Å². The summed E-state index contributed by atoms with van der Waals surface area (Å²) in [7, 11) is -3.13. The van der Waals surface area contributed by atoms with Crippen LogP contribution in [0.15, 0.2) is 4.76 Å². The number of hydroxylamine groups is 2.